The number of benzene rings is 1. The van der Waals surface area contributed by atoms with Crippen LogP contribution >= 0.6 is 0 Å². The molecule has 1 saturated heterocycles. The Morgan fingerprint density at radius 3 is 2.84 bits per heavy atom. The minimum atomic E-state index is -3.95. The molecule has 0 aliphatic carbocycles. The number of anilines is 1. The summed E-state index contributed by atoms with van der Waals surface area (Å²) in [6.45, 7) is 1.64. The van der Waals surface area contributed by atoms with Gasteiger partial charge in [-0.1, -0.05) is 0 Å². The van der Waals surface area contributed by atoms with Crippen molar-refractivity contribution in [2.45, 2.75) is 30.7 Å². The quantitative estimate of drug-likeness (QED) is 0.808. The van der Waals surface area contributed by atoms with Gasteiger partial charge in [-0.3, -0.25) is 0 Å². The standard InChI is InChI=1S/C12H17FN2O3S/c1-8-5-10(13)12(6-11(8)14)19(17,18)15-4-2-3-9(15)7-16/h5-6,9,16H,2-4,7,14H2,1H3/t9-/m1/s1. The molecular formula is C12H17FN2O3S. The van der Waals surface area contributed by atoms with Gasteiger partial charge in [-0.25, -0.2) is 12.8 Å². The van der Waals surface area contributed by atoms with E-state index in [0.717, 1.165) is 16.4 Å². The third kappa shape index (κ3) is 2.45. The molecule has 2 rings (SSSR count). The highest BCUT2D eigenvalue weighted by atomic mass is 32.2. The molecule has 1 aliphatic rings. The van der Waals surface area contributed by atoms with Crippen LogP contribution in [-0.2, 0) is 10.0 Å². The predicted octanol–water partition coefficient (Wildman–Crippen LogP) is 0.862. The van der Waals surface area contributed by atoms with E-state index >= 15 is 0 Å². The largest absolute Gasteiger partial charge is 0.398 e. The first-order valence-electron chi connectivity index (χ1n) is 6.06. The van der Waals surface area contributed by atoms with Crippen LogP contribution in [0, 0.1) is 12.7 Å². The highest BCUT2D eigenvalue weighted by Crippen LogP contribution is 2.29. The van der Waals surface area contributed by atoms with Crippen LogP contribution < -0.4 is 5.73 Å². The van der Waals surface area contributed by atoms with Crippen molar-refractivity contribution < 1.29 is 17.9 Å². The molecule has 1 atom stereocenters. The molecule has 1 fully saturated rings. The number of sulfonamides is 1. The number of aliphatic hydroxyl groups excluding tert-OH is 1. The van der Waals surface area contributed by atoms with E-state index in [-0.39, 0.29) is 12.3 Å². The zero-order valence-electron chi connectivity index (χ0n) is 10.6. The third-order valence-corrected chi connectivity index (χ3v) is 5.41. The number of rotatable bonds is 3. The van der Waals surface area contributed by atoms with Gasteiger partial charge in [0.05, 0.1) is 6.61 Å². The maximum Gasteiger partial charge on any atom is 0.246 e. The van der Waals surface area contributed by atoms with Gasteiger partial charge < -0.3 is 10.8 Å². The first-order chi connectivity index (χ1) is 8.87. The molecule has 106 valence electrons. The fraction of sp³-hybridized carbons (Fsp3) is 0.500. The van der Waals surface area contributed by atoms with Gasteiger partial charge in [0.1, 0.15) is 10.7 Å². The monoisotopic (exact) mass is 288 g/mol. The summed E-state index contributed by atoms with van der Waals surface area (Å²) in [5.74, 6) is -0.810. The second-order valence-corrected chi connectivity index (χ2v) is 6.59. The molecule has 3 N–H and O–H groups in total. The highest BCUT2D eigenvalue weighted by molar-refractivity contribution is 7.89. The molecule has 7 heteroatoms. The van der Waals surface area contributed by atoms with E-state index in [2.05, 4.69) is 0 Å². The number of nitrogens with zero attached hydrogens (tertiary/aromatic N) is 1. The fourth-order valence-electron chi connectivity index (χ4n) is 2.30. The van der Waals surface area contributed by atoms with Crippen molar-refractivity contribution in [2.75, 3.05) is 18.9 Å². The summed E-state index contributed by atoms with van der Waals surface area (Å²) in [4.78, 5) is -0.420. The van der Waals surface area contributed by atoms with Crippen LogP contribution in [0.4, 0.5) is 10.1 Å². The van der Waals surface area contributed by atoms with Crippen LogP contribution in [0.25, 0.3) is 0 Å². The summed E-state index contributed by atoms with van der Waals surface area (Å²) in [6.07, 6.45) is 1.24. The van der Waals surface area contributed by atoms with E-state index in [1.54, 1.807) is 6.92 Å². The molecule has 0 bridgehead atoms. The minimum absolute atomic E-state index is 0.236. The van der Waals surface area contributed by atoms with Crippen molar-refractivity contribution in [3.63, 3.8) is 0 Å². The summed E-state index contributed by atoms with van der Waals surface area (Å²) in [6, 6.07) is 1.78. The molecule has 0 amide bonds. The first-order valence-corrected chi connectivity index (χ1v) is 7.50. The van der Waals surface area contributed by atoms with E-state index in [0.29, 0.717) is 24.9 Å². The molecule has 5 nitrogen and oxygen atoms in total. The normalized spacial score (nSPS) is 20.9. The Bertz CT molecular complexity index is 589. The molecule has 1 aromatic rings. The number of aliphatic hydroxyl groups is 1. The lowest BCUT2D eigenvalue weighted by Crippen LogP contribution is -2.38. The Morgan fingerprint density at radius 2 is 2.21 bits per heavy atom. The Balaban J connectivity index is 2.48. The molecule has 0 spiro atoms. The smallest absolute Gasteiger partial charge is 0.246 e. The van der Waals surface area contributed by atoms with Crippen molar-refractivity contribution >= 4 is 15.7 Å². The predicted molar refractivity (Wildman–Crippen MR) is 69.5 cm³/mol. The van der Waals surface area contributed by atoms with Crippen LogP contribution in [0.3, 0.4) is 0 Å². The maximum absolute atomic E-state index is 13.9. The number of aryl methyl sites for hydroxylation is 1. The van der Waals surface area contributed by atoms with Crippen LogP contribution in [0.1, 0.15) is 18.4 Å². The summed E-state index contributed by atoms with van der Waals surface area (Å²) in [7, 11) is -3.95. The van der Waals surface area contributed by atoms with Crippen LogP contribution in [0.5, 0.6) is 0 Å². The molecule has 0 unspecified atom stereocenters. The molecule has 0 radical (unpaired) electrons. The fourth-order valence-corrected chi connectivity index (χ4v) is 4.07. The van der Waals surface area contributed by atoms with Crippen molar-refractivity contribution in [1.82, 2.24) is 4.31 Å². The van der Waals surface area contributed by atoms with Gasteiger partial charge in [-0.15, -0.1) is 0 Å². The second kappa shape index (κ2) is 5.07. The third-order valence-electron chi connectivity index (χ3n) is 3.44. The number of hydrogen-bond donors (Lipinski definition) is 2. The summed E-state index contributed by atoms with van der Waals surface area (Å²) in [5, 5.41) is 9.19. The second-order valence-electron chi connectivity index (χ2n) is 4.73. The molecule has 1 aromatic carbocycles. The molecular weight excluding hydrogens is 271 g/mol. The lowest BCUT2D eigenvalue weighted by molar-refractivity contribution is 0.213. The Hall–Kier alpha value is -1.18. The zero-order valence-corrected chi connectivity index (χ0v) is 11.5. The summed E-state index contributed by atoms with van der Waals surface area (Å²) >= 11 is 0. The van der Waals surface area contributed by atoms with Crippen molar-refractivity contribution in [2.24, 2.45) is 0 Å². The van der Waals surface area contributed by atoms with E-state index in [4.69, 9.17) is 5.73 Å². The lowest BCUT2D eigenvalue weighted by Gasteiger charge is -2.23. The molecule has 0 aromatic heterocycles. The van der Waals surface area contributed by atoms with Crippen molar-refractivity contribution in [3.8, 4) is 0 Å². The van der Waals surface area contributed by atoms with Gasteiger partial charge in [-0.05, 0) is 37.5 Å². The Kier molecular flexibility index (Phi) is 3.80. The van der Waals surface area contributed by atoms with E-state index in [1.165, 1.54) is 0 Å². The highest BCUT2D eigenvalue weighted by Gasteiger charge is 2.36. The van der Waals surface area contributed by atoms with Gasteiger partial charge >= 0.3 is 0 Å². The van der Waals surface area contributed by atoms with Crippen LogP contribution in [-0.4, -0.2) is 37.0 Å². The van der Waals surface area contributed by atoms with Crippen LogP contribution in [0.2, 0.25) is 0 Å². The van der Waals surface area contributed by atoms with Gasteiger partial charge in [0.2, 0.25) is 10.0 Å². The van der Waals surface area contributed by atoms with E-state index in [1.807, 2.05) is 0 Å². The lowest BCUT2D eigenvalue weighted by atomic mass is 10.2. The SMILES string of the molecule is Cc1cc(F)c(S(=O)(=O)N2CCC[C@@H]2CO)cc1N. The molecule has 1 aliphatic heterocycles. The summed E-state index contributed by atoms with van der Waals surface area (Å²) in [5.41, 5.74) is 6.39. The zero-order chi connectivity index (χ0) is 14.2. The van der Waals surface area contributed by atoms with E-state index in [9.17, 15) is 17.9 Å². The van der Waals surface area contributed by atoms with Gasteiger partial charge in [0, 0.05) is 18.3 Å². The number of nitrogens with two attached hydrogens (primary N) is 1. The maximum atomic E-state index is 13.9. The summed E-state index contributed by atoms with van der Waals surface area (Å²) < 4.78 is 39.9. The Labute approximate surface area is 111 Å². The van der Waals surface area contributed by atoms with Crippen LogP contribution in [0.15, 0.2) is 17.0 Å². The Morgan fingerprint density at radius 1 is 1.53 bits per heavy atom. The average Bonchev–Trinajstić information content (AvgIpc) is 2.82. The molecule has 1 heterocycles. The number of hydrogen-bond acceptors (Lipinski definition) is 4. The first kappa shape index (κ1) is 14.2. The van der Waals surface area contributed by atoms with Crippen molar-refractivity contribution in [1.29, 1.82) is 0 Å². The van der Waals surface area contributed by atoms with Gasteiger partial charge in [0.25, 0.3) is 0 Å². The topological polar surface area (TPSA) is 83.6 Å². The molecule has 0 saturated carbocycles. The molecule has 19 heavy (non-hydrogen) atoms. The van der Waals surface area contributed by atoms with Gasteiger partial charge in [0.15, 0.2) is 0 Å². The van der Waals surface area contributed by atoms with E-state index < -0.39 is 26.8 Å². The van der Waals surface area contributed by atoms with Gasteiger partial charge in [-0.2, -0.15) is 4.31 Å². The number of nitrogen functional groups attached to an aromatic ring is 1. The van der Waals surface area contributed by atoms with Crippen molar-refractivity contribution in [3.05, 3.63) is 23.5 Å². The minimum Gasteiger partial charge on any atom is -0.398 e. The number of halogens is 1. The average molecular weight is 288 g/mol.